The molecule has 2 aromatic rings. The Morgan fingerprint density at radius 2 is 1.83 bits per heavy atom. The maximum atomic E-state index is 12.1. The number of benzene rings is 1. The summed E-state index contributed by atoms with van der Waals surface area (Å²) in [5, 5.41) is 34.1. The molecule has 0 spiro atoms. The van der Waals surface area contributed by atoms with Gasteiger partial charge in [-0.1, -0.05) is 6.07 Å². The van der Waals surface area contributed by atoms with Gasteiger partial charge in [-0.3, -0.25) is 4.79 Å². The molecule has 0 aliphatic rings. The second-order valence-corrected chi connectivity index (χ2v) is 5.62. The number of nitriles is 3. The molecule has 116 valence electrons. The first-order chi connectivity index (χ1) is 11.6. The lowest BCUT2D eigenvalue weighted by Gasteiger charge is -2.11. The minimum absolute atomic E-state index is 0.116. The van der Waals surface area contributed by atoms with Gasteiger partial charge < -0.3 is 10.6 Å². The second-order valence-electron chi connectivity index (χ2n) is 4.67. The lowest BCUT2D eigenvalue weighted by atomic mass is 10.1. The zero-order chi connectivity index (χ0) is 17.5. The average molecular weight is 333 g/mol. The molecule has 0 atom stereocenters. The van der Waals surface area contributed by atoms with E-state index in [4.69, 9.17) is 15.8 Å². The van der Waals surface area contributed by atoms with Gasteiger partial charge in [-0.15, -0.1) is 11.3 Å². The summed E-state index contributed by atoms with van der Waals surface area (Å²) in [6, 6.07) is 13.7. The fourth-order valence-electron chi connectivity index (χ4n) is 1.90. The molecule has 0 saturated carbocycles. The van der Waals surface area contributed by atoms with Gasteiger partial charge in [0.25, 0.3) is 5.91 Å². The summed E-state index contributed by atoms with van der Waals surface area (Å²) in [5.74, 6) is -0.192. The third kappa shape index (κ3) is 3.78. The van der Waals surface area contributed by atoms with Crippen molar-refractivity contribution in [2.75, 3.05) is 10.6 Å². The summed E-state index contributed by atoms with van der Waals surface area (Å²) in [5.41, 5.74) is 1.56. The molecular weight excluding hydrogens is 322 g/mol. The number of anilines is 2. The molecule has 0 bridgehead atoms. The molecule has 0 fully saturated rings. The van der Waals surface area contributed by atoms with Crippen molar-refractivity contribution in [3.63, 3.8) is 0 Å². The summed E-state index contributed by atoms with van der Waals surface area (Å²) >= 11 is 1.35. The van der Waals surface area contributed by atoms with Crippen LogP contribution in [0.2, 0.25) is 0 Å². The third-order valence-electron chi connectivity index (χ3n) is 3.07. The molecule has 1 aromatic heterocycles. The molecule has 2 rings (SSSR count). The molecular formula is C17H11N5OS. The van der Waals surface area contributed by atoms with Crippen molar-refractivity contribution in [2.45, 2.75) is 6.92 Å². The van der Waals surface area contributed by atoms with Crippen molar-refractivity contribution in [1.82, 2.24) is 0 Å². The summed E-state index contributed by atoms with van der Waals surface area (Å²) < 4.78 is 0. The standard InChI is InChI=1S/C17H11N5OS/c1-11-7-13(21-15(10-20)12(8-18)9-19)4-5-14(11)22-17(23)16-3-2-6-24-16/h2-7,21H,1H3,(H,22,23). The SMILES string of the molecule is Cc1cc(NC(C#N)=C(C#N)C#N)ccc1NC(=O)c1cccs1. The maximum absolute atomic E-state index is 12.1. The van der Waals surface area contributed by atoms with Gasteiger partial charge >= 0.3 is 0 Å². The predicted octanol–water partition coefficient (Wildman–Crippen LogP) is 3.55. The molecule has 0 saturated heterocycles. The lowest BCUT2D eigenvalue weighted by Crippen LogP contribution is -2.11. The van der Waals surface area contributed by atoms with Crippen LogP contribution < -0.4 is 10.6 Å². The maximum Gasteiger partial charge on any atom is 0.265 e. The predicted molar refractivity (Wildman–Crippen MR) is 90.9 cm³/mol. The first-order valence-corrected chi connectivity index (χ1v) is 7.64. The Balaban J connectivity index is 2.20. The Kier molecular flexibility index (Phi) is 5.31. The highest BCUT2D eigenvalue weighted by Gasteiger charge is 2.10. The molecule has 0 aliphatic heterocycles. The number of rotatable bonds is 4. The highest BCUT2D eigenvalue weighted by Crippen LogP contribution is 2.22. The fourth-order valence-corrected chi connectivity index (χ4v) is 2.52. The van der Waals surface area contributed by atoms with E-state index in [1.807, 2.05) is 5.38 Å². The number of nitrogens with zero attached hydrogens (tertiary/aromatic N) is 3. The van der Waals surface area contributed by atoms with E-state index in [2.05, 4.69) is 10.6 Å². The van der Waals surface area contributed by atoms with Crippen LogP contribution in [0.5, 0.6) is 0 Å². The smallest absolute Gasteiger partial charge is 0.265 e. The summed E-state index contributed by atoms with van der Waals surface area (Å²) in [7, 11) is 0. The molecule has 1 aromatic carbocycles. The van der Waals surface area contributed by atoms with E-state index >= 15 is 0 Å². The molecule has 0 aliphatic carbocycles. The van der Waals surface area contributed by atoms with E-state index in [0.29, 0.717) is 16.3 Å². The quantitative estimate of drug-likeness (QED) is 0.831. The van der Waals surface area contributed by atoms with Crippen molar-refractivity contribution in [2.24, 2.45) is 0 Å². The zero-order valence-electron chi connectivity index (χ0n) is 12.6. The Labute approximate surface area is 142 Å². The van der Waals surface area contributed by atoms with Crippen LogP contribution in [0.3, 0.4) is 0 Å². The summed E-state index contributed by atoms with van der Waals surface area (Å²) in [4.78, 5) is 12.7. The number of nitrogens with one attached hydrogen (secondary N) is 2. The first kappa shape index (κ1) is 16.8. The Hall–Kier alpha value is -3.60. The van der Waals surface area contributed by atoms with Gasteiger partial charge in [0.2, 0.25) is 0 Å². The van der Waals surface area contributed by atoms with Gasteiger partial charge in [-0.2, -0.15) is 15.8 Å². The number of amides is 1. The van der Waals surface area contributed by atoms with Crippen LogP contribution in [0, 0.1) is 40.9 Å². The van der Waals surface area contributed by atoms with Crippen LogP contribution in [0.1, 0.15) is 15.2 Å². The Morgan fingerprint density at radius 3 is 2.38 bits per heavy atom. The van der Waals surface area contributed by atoms with E-state index in [1.54, 1.807) is 55.5 Å². The molecule has 2 N–H and O–H groups in total. The van der Waals surface area contributed by atoms with Crippen molar-refractivity contribution in [3.8, 4) is 18.2 Å². The largest absolute Gasteiger partial charge is 0.345 e. The van der Waals surface area contributed by atoms with E-state index in [9.17, 15) is 4.79 Å². The topological polar surface area (TPSA) is 112 Å². The average Bonchev–Trinajstić information content (AvgIpc) is 3.12. The summed E-state index contributed by atoms with van der Waals surface area (Å²) in [6.45, 7) is 1.81. The molecule has 6 nitrogen and oxygen atoms in total. The van der Waals surface area contributed by atoms with Crippen LogP contribution in [-0.4, -0.2) is 5.91 Å². The van der Waals surface area contributed by atoms with Crippen molar-refractivity contribution in [1.29, 1.82) is 15.8 Å². The van der Waals surface area contributed by atoms with Crippen LogP contribution in [0.25, 0.3) is 0 Å². The number of aryl methyl sites for hydroxylation is 1. The Morgan fingerprint density at radius 1 is 1.08 bits per heavy atom. The van der Waals surface area contributed by atoms with Crippen molar-refractivity contribution >= 4 is 28.6 Å². The Bertz CT molecular complexity index is 907. The van der Waals surface area contributed by atoms with E-state index in [1.165, 1.54) is 11.3 Å². The van der Waals surface area contributed by atoms with Gasteiger partial charge in [0.1, 0.15) is 23.9 Å². The summed E-state index contributed by atoms with van der Waals surface area (Å²) in [6.07, 6.45) is 0. The molecule has 24 heavy (non-hydrogen) atoms. The molecule has 1 heterocycles. The zero-order valence-corrected chi connectivity index (χ0v) is 13.4. The van der Waals surface area contributed by atoms with E-state index < -0.39 is 0 Å². The molecule has 0 radical (unpaired) electrons. The van der Waals surface area contributed by atoms with Gasteiger partial charge in [-0.05, 0) is 42.1 Å². The minimum atomic E-state index is -0.287. The highest BCUT2D eigenvalue weighted by molar-refractivity contribution is 7.12. The molecule has 0 unspecified atom stereocenters. The van der Waals surface area contributed by atoms with Crippen LogP contribution in [0.4, 0.5) is 11.4 Å². The van der Waals surface area contributed by atoms with Crippen molar-refractivity contribution < 1.29 is 4.79 Å². The van der Waals surface area contributed by atoms with Crippen LogP contribution >= 0.6 is 11.3 Å². The first-order valence-electron chi connectivity index (χ1n) is 6.76. The van der Waals surface area contributed by atoms with Gasteiger partial charge in [0.05, 0.1) is 4.88 Å². The highest BCUT2D eigenvalue weighted by atomic mass is 32.1. The minimum Gasteiger partial charge on any atom is -0.345 e. The number of allylic oxidation sites excluding steroid dienone is 2. The lowest BCUT2D eigenvalue weighted by molar-refractivity contribution is 0.103. The number of hydrogen-bond acceptors (Lipinski definition) is 6. The van der Waals surface area contributed by atoms with Crippen molar-refractivity contribution in [3.05, 3.63) is 57.4 Å². The van der Waals surface area contributed by atoms with Crippen LogP contribution in [0.15, 0.2) is 47.0 Å². The monoisotopic (exact) mass is 333 g/mol. The second kappa shape index (κ2) is 7.60. The number of carbonyl (C=O) groups is 1. The van der Waals surface area contributed by atoms with Gasteiger partial charge in [0.15, 0.2) is 5.57 Å². The van der Waals surface area contributed by atoms with Gasteiger partial charge in [-0.25, -0.2) is 0 Å². The normalized spacial score (nSPS) is 9.08. The number of hydrogen-bond donors (Lipinski definition) is 2. The van der Waals surface area contributed by atoms with E-state index in [0.717, 1.165) is 5.56 Å². The molecule has 7 heteroatoms. The van der Waals surface area contributed by atoms with E-state index in [-0.39, 0.29) is 17.2 Å². The van der Waals surface area contributed by atoms with Gasteiger partial charge in [0, 0.05) is 11.4 Å². The third-order valence-corrected chi connectivity index (χ3v) is 3.94. The fraction of sp³-hybridized carbons (Fsp3) is 0.0588. The molecule has 1 amide bonds. The van der Waals surface area contributed by atoms with Crippen LogP contribution in [-0.2, 0) is 0 Å². The number of thiophene rings is 1. The number of carbonyl (C=O) groups excluding carboxylic acids is 1.